The molecule has 1 unspecified atom stereocenters. The fourth-order valence-electron chi connectivity index (χ4n) is 2.33. The van der Waals surface area contributed by atoms with Crippen molar-refractivity contribution in [1.29, 1.82) is 0 Å². The fourth-order valence-corrected chi connectivity index (χ4v) is 3.42. The summed E-state index contributed by atoms with van der Waals surface area (Å²) in [5.41, 5.74) is 1.66. The van der Waals surface area contributed by atoms with E-state index in [1.807, 2.05) is 36.9 Å². The molecule has 21 heavy (non-hydrogen) atoms. The van der Waals surface area contributed by atoms with Crippen molar-refractivity contribution in [1.82, 2.24) is 14.5 Å². The van der Waals surface area contributed by atoms with Crippen LogP contribution in [0.5, 0.6) is 0 Å². The third kappa shape index (κ3) is 3.70. The molecule has 0 saturated heterocycles. The van der Waals surface area contributed by atoms with Gasteiger partial charge in [-0.15, -0.1) is 0 Å². The average molecular weight is 328 g/mol. The number of imidazole rings is 1. The molecule has 0 spiro atoms. The molecule has 0 radical (unpaired) electrons. The van der Waals surface area contributed by atoms with E-state index >= 15 is 0 Å². The average Bonchev–Trinajstić information content (AvgIpc) is 2.75. The first-order valence-electron chi connectivity index (χ1n) is 6.56. The van der Waals surface area contributed by atoms with E-state index in [0.29, 0.717) is 10.2 Å². The van der Waals surface area contributed by atoms with E-state index in [-0.39, 0.29) is 11.8 Å². The van der Waals surface area contributed by atoms with Gasteiger partial charge in [0.1, 0.15) is 0 Å². The highest BCUT2D eigenvalue weighted by molar-refractivity contribution is 7.99. The van der Waals surface area contributed by atoms with Crippen molar-refractivity contribution >= 4 is 40.4 Å². The largest absolute Gasteiger partial charge is 0.481 e. The minimum absolute atomic E-state index is 0.0182. The van der Waals surface area contributed by atoms with Gasteiger partial charge in [0.15, 0.2) is 5.16 Å². The quantitative estimate of drug-likeness (QED) is 0.826. The monoisotopic (exact) mass is 327 g/mol. The zero-order valence-corrected chi connectivity index (χ0v) is 13.8. The first-order valence-corrected chi connectivity index (χ1v) is 7.92. The number of rotatable bonds is 6. The molecule has 0 aliphatic rings. The zero-order valence-electron chi connectivity index (χ0n) is 12.2. The van der Waals surface area contributed by atoms with Gasteiger partial charge < -0.3 is 14.6 Å². The molecule has 0 aliphatic heterocycles. The Labute approximate surface area is 132 Å². The van der Waals surface area contributed by atoms with Crippen LogP contribution >= 0.6 is 23.4 Å². The number of nitrogens with zero attached hydrogens (tertiary/aromatic N) is 3. The topological polar surface area (TPSA) is 58.4 Å². The number of carboxylic acids is 1. The number of carbonyl (C=O) groups is 1. The van der Waals surface area contributed by atoms with Gasteiger partial charge in [-0.05, 0) is 33.2 Å². The number of likely N-dealkylation sites (N-methyl/N-ethyl adjacent to an activating group) is 1. The number of thioether (sulfide) groups is 1. The first kappa shape index (κ1) is 16.1. The molecule has 0 saturated carbocycles. The second kappa shape index (κ2) is 6.68. The van der Waals surface area contributed by atoms with Crippen LogP contribution in [0, 0.1) is 0 Å². The van der Waals surface area contributed by atoms with Gasteiger partial charge in [0.25, 0.3) is 0 Å². The molecule has 1 heterocycles. The van der Waals surface area contributed by atoms with E-state index in [1.54, 1.807) is 0 Å². The van der Waals surface area contributed by atoms with Crippen molar-refractivity contribution in [2.45, 2.75) is 18.1 Å². The molecule has 0 fully saturated rings. The van der Waals surface area contributed by atoms with Gasteiger partial charge in [-0.25, -0.2) is 4.98 Å². The highest BCUT2D eigenvalue weighted by Gasteiger charge is 2.19. The van der Waals surface area contributed by atoms with E-state index in [9.17, 15) is 4.79 Å². The van der Waals surface area contributed by atoms with Crippen LogP contribution in [-0.4, -0.2) is 51.9 Å². The van der Waals surface area contributed by atoms with Gasteiger partial charge in [0.2, 0.25) is 0 Å². The summed E-state index contributed by atoms with van der Waals surface area (Å²) in [7, 11) is 4.00. The van der Waals surface area contributed by atoms with Crippen molar-refractivity contribution in [2.75, 3.05) is 26.4 Å². The number of halogens is 1. The Balaban J connectivity index is 2.50. The summed E-state index contributed by atoms with van der Waals surface area (Å²) in [6.07, 6.45) is 0. The summed E-state index contributed by atoms with van der Waals surface area (Å²) in [6.45, 7) is 2.90. The number of hydrogen-bond acceptors (Lipinski definition) is 4. The SMILES string of the molecule is CC(CN(C)C)n1c(SCC(=O)O)nc2cccc(Cl)c21. The Morgan fingerprint density at radius 1 is 1.52 bits per heavy atom. The molecule has 0 aliphatic carbocycles. The maximum atomic E-state index is 10.8. The van der Waals surface area contributed by atoms with Crippen molar-refractivity contribution in [2.24, 2.45) is 0 Å². The maximum absolute atomic E-state index is 10.8. The molecule has 2 rings (SSSR count). The molecular formula is C14H18ClN3O2S. The van der Waals surface area contributed by atoms with Crippen LogP contribution in [0.25, 0.3) is 11.0 Å². The fraction of sp³-hybridized carbons (Fsp3) is 0.429. The van der Waals surface area contributed by atoms with Crippen LogP contribution in [0.4, 0.5) is 0 Å². The second-order valence-corrected chi connectivity index (χ2v) is 6.52. The van der Waals surface area contributed by atoms with E-state index in [2.05, 4.69) is 16.8 Å². The smallest absolute Gasteiger partial charge is 0.313 e. The van der Waals surface area contributed by atoms with Crippen LogP contribution in [0.2, 0.25) is 5.02 Å². The predicted octanol–water partition coefficient (Wildman–Crippen LogP) is 2.99. The number of aromatic nitrogens is 2. The lowest BCUT2D eigenvalue weighted by molar-refractivity contribution is -0.133. The van der Waals surface area contributed by atoms with Gasteiger partial charge in [-0.2, -0.15) is 0 Å². The van der Waals surface area contributed by atoms with Gasteiger partial charge in [-0.1, -0.05) is 29.4 Å². The van der Waals surface area contributed by atoms with Gasteiger partial charge in [0, 0.05) is 12.6 Å². The second-order valence-electron chi connectivity index (χ2n) is 5.17. The first-order chi connectivity index (χ1) is 9.90. The van der Waals surface area contributed by atoms with Crippen LogP contribution in [0.3, 0.4) is 0 Å². The molecule has 7 heteroatoms. The Kier molecular flexibility index (Phi) is 5.13. The van der Waals surface area contributed by atoms with E-state index in [4.69, 9.17) is 16.7 Å². The summed E-state index contributed by atoms with van der Waals surface area (Å²) >= 11 is 7.54. The minimum Gasteiger partial charge on any atom is -0.481 e. The minimum atomic E-state index is -0.857. The number of fused-ring (bicyclic) bond motifs is 1. The zero-order chi connectivity index (χ0) is 15.6. The standard InChI is InChI=1S/C14H18ClN3O2S/c1-9(7-17(2)3)18-13-10(15)5-4-6-11(13)16-14(18)21-8-12(19)20/h4-6,9H,7-8H2,1-3H3,(H,19,20). The lowest BCUT2D eigenvalue weighted by Crippen LogP contribution is -2.23. The highest BCUT2D eigenvalue weighted by atomic mass is 35.5. The Hall–Kier alpha value is -1.24. The lowest BCUT2D eigenvalue weighted by Gasteiger charge is -2.21. The molecule has 1 aromatic carbocycles. The van der Waals surface area contributed by atoms with E-state index < -0.39 is 5.97 Å². The molecule has 1 atom stereocenters. The van der Waals surface area contributed by atoms with Crippen molar-refractivity contribution < 1.29 is 9.90 Å². The summed E-state index contributed by atoms with van der Waals surface area (Å²) in [6, 6.07) is 5.71. The van der Waals surface area contributed by atoms with E-state index in [1.165, 1.54) is 11.8 Å². The number of carboxylic acid groups (broad SMARTS) is 1. The number of benzene rings is 1. The summed E-state index contributed by atoms with van der Waals surface area (Å²) in [4.78, 5) is 17.4. The molecule has 5 nitrogen and oxygen atoms in total. The summed E-state index contributed by atoms with van der Waals surface area (Å²) < 4.78 is 2.03. The summed E-state index contributed by atoms with van der Waals surface area (Å²) in [5.74, 6) is -0.875. The van der Waals surface area contributed by atoms with Crippen LogP contribution in [0.1, 0.15) is 13.0 Å². The van der Waals surface area contributed by atoms with Gasteiger partial charge in [-0.3, -0.25) is 4.79 Å². The third-order valence-electron chi connectivity index (χ3n) is 3.02. The van der Waals surface area contributed by atoms with Gasteiger partial charge >= 0.3 is 5.97 Å². The Morgan fingerprint density at radius 3 is 2.86 bits per heavy atom. The molecule has 1 N–H and O–H groups in total. The molecule has 0 bridgehead atoms. The Morgan fingerprint density at radius 2 is 2.24 bits per heavy atom. The molecule has 0 amide bonds. The summed E-state index contributed by atoms with van der Waals surface area (Å²) in [5, 5.41) is 10.2. The third-order valence-corrected chi connectivity index (χ3v) is 4.27. The van der Waals surface area contributed by atoms with Crippen LogP contribution < -0.4 is 0 Å². The normalized spacial score (nSPS) is 13.0. The van der Waals surface area contributed by atoms with E-state index in [0.717, 1.165) is 17.6 Å². The highest BCUT2D eigenvalue weighted by Crippen LogP contribution is 2.32. The van der Waals surface area contributed by atoms with Crippen molar-refractivity contribution in [3.05, 3.63) is 23.2 Å². The van der Waals surface area contributed by atoms with Crippen molar-refractivity contribution in [3.63, 3.8) is 0 Å². The molecule has 1 aromatic heterocycles. The lowest BCUT2D eigenvalue weighted by atomic mass is 10.2. The maximum Gasteiger partial charge on any atom is 0.313 e. The molecule has 114 valence electrons. The van der Waals surface area contributed by atoms with Gasteiger partial charge in [0.05, 0.1) is 21.8 Å². The molecular weight excluding hydrogens is 310 g/mol. The number of aliphatic carboxylic acids is 1. The van der Waals surface area contributed by atoms with Crippen molar-refractivity contribution in [3.8, 4) is 0 Å². The van der Waals surface area contributed by atoms with Crippen LogP contribution in [-0.2, 0) is 4.79 Å². The van der Waals surface area contributed by atoms with Crippen LogP contribution in [0.15, 0.2) is 23.4 Å². The Bertz CT molecular complexity index is 657. The molecule has 2 aromatic rings. The number of hydrogen-bond donors (Lipinski definition) is 1. The number of para-hydroxylation sites is 1. The predicted molar refractivity (Wildman–Crippen MR) is 86.4 cm³/mol.